The minimum Gasteiger partial charge on any atom is -0.307 e. The molecule has 1 heterocycles. The Morgan fingerprint density at radius 1 is 1.24 bits per heavy atom. The molecule has 3 atom stereocenters. The zero-order valence-corrected chi connectivity index (χ0v) is 14.4. The molecule has 0 aliphatic carbocycles. The molecule has 1 aliphatic rings. The summed E-state index contributed by atoms with van der Waals surface area (Å²) in [5.74, 6) is 0.768. The van der Waals surface area contributed by atoms with Gasteiger partial charge in [-0.05, 0) is 16.9 Å². The SMILES string of the molecule is CCC(C)CN1CC(c2ccccc2)NCC1C(C)(C)C. The van der Waals surface area contributed by atoms with Crippen LogP contribution in [0.1, 0.15) is 52.6 Å². The second-order valence-corrected chi connectivity index (χ2v) is 7.72. The third-order valence-corrected chi connectivity index (χ3v) is 4.86. The van der Waals surface area contributed by atoms with Crippen molar-refractivity contribution in [3.63, 3.8) is 0 Å². The summed E-state index contributed by atoms with van der Waals surface area (Å²) >= 11 is 0. The van der Waals surface area contributed by atoms with Crippen molar-refractivity contribution in [2.45, 2.75) is 53.1 Å². The summed E-state index contributed by atoms with van der Waals surface area (Å²) in [7, 11) is 0. The minimum atomic E-state index is 0.322. The smallest absolute Gasteiger partial charge is 0.0449 e. The van der Waals surface area contributed by atoms with Crippen LogP contribution in [0.4, 0.5) is 0 Å². The highest BCUT2D eigenvalue weighted by molar-refractivity contribution is 5.20. The molecule has 1 aromatic rings. The second-order valence-electron chi connectivity index (χ2n) is 7.72. The Morgan fingerprint density at radius 3 is 2.48 bits per heavy atom. The first-order chi connectivity index (χ1) is 9.91. The third kappa shape index (κ3) is 4.31. The molecule has 0 amide bonds. The Kier molecular flexibility index (Phi) is 5.45. The molecule has 1 fully saturated rings. The van der Waals surface area contributed by atoms with Crippen LogP contribution in [-0.2, 0) is 0 Å². The highest BCUT2D eigenvalue weighted by Crippen LogP contribution is 2.30. The summed E-state index contributed by atoms with van der Waals surface area (Å²) in [5.41, 5.74) is 1.74. The quantitative estimate of drug-likeness (QED) is 0.897. The van der Waals surface area contributed by atoms with Crippen LogP contribution in [0.15, 0.2) is 30.3 Å². The van der Waals surface area contributed by atoms with Gasteiger partial charge in [-0.25, -0.2) is 0 Å². The Morgan fingerprint density at radius 2 is 1.90 bits per heavy atom. The molecule has 2 nitrogen and oxygen atoms in total. The van der Waals surface area contributed by atoms with Crippen LogP contribution >= 0.6 is 0 Å². The van der Waals surface area contributed by atoms with E-state index in [-0.39, 0.29) is 0 Å². The van der Waals surface area contributed by atoms with Crippen molar-refractivity contribution in [3.8, 4) is 0 Å². The fourth-order valence-electron chi connectivity index (χ4n) is 3.30. The molecule has 0 saturated carbocycles. The van der Waals surface area contributed by atoms with Gasteiger partial charge < -0.3 is 5.32 Å². The highest BCUT2D eigenvalue weighted by Gasteiger charge is 2.36. The minimum absolute atomic E-state index is 0.322. The van der Waals surface area contributed by atoms with E-state index in [1.807, 2.05) is 0 Å². The predicted molar refractivity (Wildman–Crippen MR) is 91.5 cm³/mol. The van der Waals surface area contributed by atoms with Gasteiger partial charge in [0, 0.05) is 31.7 Å². The zero-order valence-electron chi connectivity index (χ0n) is 14.4. The number of rotatable bonds is 4. The molecule has 1 N–H and O–H groups in total. The zero-order chi connectivity index (χ0) is 15.5. The summed E-state index contributed by atoms with van der Waals surface area (Å²) < 4.78 is 0. The maximum Gasteiger partial charge on any atom is 0.0449 e. The van der Waals surface area contributed by atoms with E-state index >= 15 is 0 Å². The van der Waals surface area contributed by atoms with E-state index in [4.69, 9.17) is 0 Å². The first kappa shape index (κ1) is 16.5. The molecule has 0 bridgehead atoms. The van der Waals surface area contributed by atoms with Crippen molar-refractivity contribution in [3.05, 3.63) is 35.9 Å². The second kappa shape index (κ2) is 6.93. The molecule has 1 aromatic carbocycles. The summed E-state index contributed by atoms with van der Waals surface area (Å²) in [4.78, 5) is 2.72. The molecule has 118 valence electrons. The van der Waals surface area contributed by atoms with E-state index in [0.29, 0.717) is 17.5 Å². The first-order valence-electron chi connectivity index (χ1n) is 8.44. The van der Waals surface area contributed by atoms with E-state index in [1.165, 1.54) is 18.5 Å². The standard InChI is InChI=1S/C19H32N2/c1-6-15(2)13-21-14-17(16-10-8-7-9-11-16)20-12-18(21)19(3,4)5/h7-11,15,17-18,20H,6,12-14H2,1-5H3. The van der Waals surface area contributed by atoms with Gasteiger partial charge in [0.1, 0.15) is 0 Å². The van der Waals surface area contributed by atoms with E-state index < -0.39 is 0 Å². The molecule has 21 heavy (non-hydrogen) atoms. The van der Waals surface area contributed by atoms with Gasteiger partial charge in [-0.3, -0.25) is 4.90 Å². The normalized spacial score (nSPS) is 25.8. The molecule has 0 spiro atoms. The van der Waals surface area contributed by atoms with E-state index in [0.717, 1.165) is 19.0 Å². The molecular formula is C19H32N2. The van der Waals surface area contributed by atoms with Crippen molar-refractivity contribution in [1.82, 2.24) is 10.2 Å². The van der Waals surface area contributed by atoms with Gasteiger partial charge in [0.15, 0.2) is 0 Å². The summed E-state index contributed by atoms with van der Waals surface area (Å²) in [6, 6.07) is 12.0. The van der Waals surface area contributed by atoms with Crippen molar-refractivity contribution in [2.75, 3.05) is 19.6 Å². The molecule has 2 rings (SSSR count). The lowest BCUT2D eigenvalue weighted by atomic mass is 9.83. The number of nitrogens with zero attached hydrogens (tertiary/aromatic N) is 1. The van der Waals surface area contributed by atoms with Crippen molar-refractivity contribution in [2.24, 2.45) is 11.3 Å². The van der Waals surface area contributed by atoms with Crippen molar-refractivity contribution >= 4 is 0 Å². The van der Waals surface area contributed by atoms with E-state index in [1.54, 1.807) is 0 Å². The Balaban J connectivity index is 2.12. The Labute approximate surface area is 130 Å². The van der Waals surface area contributed by atoms with Crippen LogP contribution in [0.5, 0.6) is 0 Å². The van der Waals surface area contributed by atoms with Crippen LogP contribution in [0.3, 0.4) is 0 Å². The number of hydrogen-bond donors (Lipinski definition) is 1. The lowest BCUT2D eigenvalue weighted by Crippen LogP contribution is -2.58. The van der Waals surface area contributed by atoms with Crippen molar-refractivity contribution < 1.29 is 0 Å². The van der Waals surface area contributed by atoms with Gasteiger partial charge in [0.05, 0.1) is 0 Å². The van der Waals surface area contributed by atoms with Gasteiger partial charge in [-0.1, -0.05) is 71.4 Å². The third-order valence-electron chi connectivity index (χ3n) is 4.86. The van der Waals surface area contributed by atoms with E-state index in [9.17, 15) is 0 Å². The molecule has 0 aromatic heterocycles. The fraction of sp³-hybridized carbons (Fsp3) is 0.684. The average Bonchev–Trinajstić information content (AvgIpc) is 2.46. The molecular weight excluding hydrogens is 256 g/mol. The van der Waals surface area contributed by atoms with Gasteiger partial charge in [-0.15, -0.1) is 0 Å². The number of piperazine rings is 1. The van der Waals surface area contributed by atoms with Crippen LogP contribution in [-0.4, -0.2) is 30.6 Å². The number of hydrogen-bond acceptors (Lipinski definition) is 2. The topological polar surface area (TPSA) is 15.3 Å². The lowest BCUT2D eigenvalue weighted by molar-refractivity contribution is 0.0440. The maximum absolute atomic E-state index is 3.77. The summed E-state index contributed by atoms with van der Waals surface area (Å²) in [6.07, 6.45) is 1.26. The van der Waals surface area contributed by atoms with Gasteiger partial charge >= 0.3 is 0 Å². The number of benzene rings is 1. The summed E-state index contributed by atoms with van der Waals surface area (Å²) in [5, 5.41) is 3.77. The molecule has 1 aliphatic heterocycles. The van der Waals surface area contributed by atoms with Crippen LogP contribution in [0, 0.1) is 11.3 Å². The molecule has 0 radical (unpaired) electrons. The van der Waals surface area contributed by atoms with Gasteiger partial charge in [-0.2, -0.15) is 0 Å². The highest BCUT2D eigenvalue weighted by atomic mass is 15.2. The monoisotopic (exact) mass is 288 g/mol. The maximum atomic E-state index is 3.77. The summed E-state index contributed by atoms with van der Waals surface area (Å²) in [6.45, 7) is 15.2. The molecule has 2 heteroatoms. The Hall–Kier alpha value is -0.860. The van der Waals surface area contributed by atoms with Gasteiger partial charge in [0.2, 0.25) is 0 Å². The Bertz CT molecular complexity index is 421. The fourth-order valence-corrected chi connectivity index (χ4v) is 3.30. The van der Waals surface area contributed by atoms with E-state index in [2.05, 4.69) is 75.2 Å². The number of nitrogens with one attached hydrogen (secondary N) is 1. The van der Waals surface area contributed by atoms with Crippen LogP contribution in [0.2, 0.25) is 0 Å². The largest absolute Gasteiger partial charge is 0.307 e. The van der Waals surface area contributed by atoms with Gasteiger partial charge in [0.25, 0.3) is 0 Å². The average molecular weight is 288 g/mol. The van der Waals surface area contributed by atoms with Crippen LogP contribution in [0.25, 0.3) is 0 Å². The van der Waals surface area contributed by atoms with Crippen molar-refractivity contribution in [1.29, 1.82) is 0 Å². The molecule has 1 saturated heterocycles. The molecule has 3 unspecified atom stereocenters. The van der Waals surface area contributed by atoms with Crippen LogP contribution < -0.4 is 5.32 Å². The first-order valence-corrected chi connectivity index (χ1v) is 8.44. The predicted octanol–water partition coefficient (Wildman–Crippen LogP) is 4.09. The lowest BCUT2D eigenvalue weighted by Gasteiger charge is -2.47.